The highest BCUT2D eigenvalue weighted by molar-refractivity contribution is 9.10. The van der Waals surface area contributed by atoms with Crippen LogP contribution in [0.15, 0.2) is 40.9 Å². The molecule has 6 rings (SSSR count). The van der Waals surface area contributed by atoms with Crippen molar-refractivity contribution in [1.29, 1.82) is 0 Å². The zero-order valence-electron chi connectivity index (χ0n) is 19.7. The van der Waals surface area contributed by atoms with Gasteiger partial charge in [-0.2, -0.15) is 0 Å². The van der Waals surface area contributed by atoms with Gasteiger partial charge in [0, 0.05) is 23.2 Å². The molecule has 0 aliphatic heterocycles. The Morgan fingerprint density at radius 3 is 2.36 bits per heavy atom. The van der Waals surface area contributed by atoms with E-state index in [-0.39, 0.29) is 0 Å². The SMILES string of the molecule is CCOc1cc(CN[C@H](C)C23CC4CC(CC(C4)C2)C3)cc(Br)c1OCc1ccccc1Cl. The fourth-order valence-corrected chi connectivity index (χ4v) is 7.88. The molecule has 0 saturated heterocycles. The van der Waals surface area contributed by atoms with E-state index in [0.717, 1.165) is 45.8 Å². The van der Waals surface area contributed by atoms with Gasteiger partial charge in [0.25, 0.3) is 0 Å². The average molecular weight is 533 g/mol. The van der Waals surface area contributed by atoms with Gasteiger partial charge in [0.2, 0.25) is 0 Å². The van der Waals surface area contributed by atoms with E-state index in [1.54, 1.807) is 0 Å². The lowest BCUT2D eigenvalue weighted by Crippen LogP contribution is -2.54. The number of rotatable bonds is 9. The third-order valence-corrected chi connectivity index (χ3v) is 9.27. The second kappa shape index (κ2) is 9.79. The van der Waals surface area contributed by atoms with E-state index in [0.29, 0.717) is 29.7 Å². The monoisotopic (exact) mass is 531 g/mol. The van der Waals surface area contributed by atoms with Crippen molar-refractivity contribution in [3.05, 3.63) is 57.0 Å². The first-order valence-corrected chi connectivity index (χ1v) is 13.7. The van der Waals surface area contributed by atoms with Crippen molar-refractivity contribution in [3.8, 4) is 11.5 Å². The van der Waals surface area contributed by atoms with Crippen LogP contribution < -0.4 is 14.8 Å². The van der Waals surface area contributed by atoms with Gasteiger partial charge in [-0.3, -0.25) is 0 Å². The molecule has 4 bridgehead atoms. The van der Waals surface area contributed by atoms with Crippen LogP contribution in [0.2, 0.25) is 5.02 Å². The molecule has 0 spiro atoms. The van der Waals surface area contributed by atoms with Crippen molar-refractivity contribution < 1.29 is 9.47 Å². The topological polar surface area (TPSA) is 30.5 Å². The van der Waals surface area contributed by atoms with Gasteiger partial charge in [-0.1, -0.05) is 29.8 Å². The van der Waals surface area contributed by atoms with Gasteiger partial charge in [0.1, 0.15) is 6.61 Å². The summed E-state index contributed by atoms with van der Waals surface area (Å²) in [4.78, 5) is 0. The average Bonchev–Trinajstić information content (AvgIpc) is 2.77. The molecule has 4 fully saturated rings. The van der Waals surface area contributed by atoms with Gasteiger partial charge in [-0.25, -0.2) is 0 Å². The Kier molecular flexibility index (Phi) is 6.98. The fraction of sp³-hybridized carbons (Fsp3) is 0.571. The maximum absolute atomic E-state index is 6.31. The summed E-state index contributed by atoms with van der Waals surface area (Å²) in [5.41, 5.74) is 2.68. The Morgan fingerprint density at radius 2 is 1.73 bits per heavy atom. The lowest BCUT2D eigenvalue weighted by atomic mass is 9.48. The smallest absolute Gasteiger partial charge is 0.175 e. The van der Waals surface area contributed by atoms with Gasteiger partial charge in [-0.05, 0) is 115 Å². The highest BCUT2D eigenvalue weighted by Gasteiger charge is 2.52. The minimum absolute atomic E-state index is 0.402. The van der Waals surface area contributed by atoms with Crippen LogP contribution in [0, 0.1) is 23.2 Å². The number of ether oxygens (including phenoxy) is 2. The predicted molar refractivity (Wildman–Crippen MR) is 138 cm³/mol. The molecule has 0 heterocycles. The van der Waals surface area contributed by atoms with Gasteiger partial charge in [0.15, 0.2) is 11.5 Å². The molecule has 0 radical (unpaired) electrons. The van der Waals surface area contributed by atoms with Crippen LogP contribution in [0.3, 0.4) is 0 Å². The zero-order chi connectivity index (χ0) is 23.0. The third-order valence-electron chi connectivity index (χ3n) is 8.32. The summed E-state index contributed by atoms with van der Waals surface area (Å²) in [5.74, 6) is 4.45. The molecule has 4 aliphatic carbocycles. The van der Waals surface area contributed by atoms with Crippen molar-refractivity contribution >= 4 is 27.5 Å². The number of hydrogen-bond donors (Lipinski definition) is 1. The molecule has 4 aliphatic rings. The Morgan fingerprint density at radius 1 is 1.06 bits per heavy atom. The van der Waals surface area contributed by atoms with E-state index in [9.17, 15) is 0 Å². The Balaban J connectivity index is 1.27. The maximum Gasteiger partial charge on any atom is 0.175 e. The normalized spacial score (nSPS) is 28.7. The van der Waals surface area contributed by atoms with Crippen LogP contribution in [0.1, 0.15) is 63.5 Å². The van der Waals surface area contributed by atoms with E-state index < -0.39 is 0 Å². The molecule has 2 aromatic rings. The number of hydrogen-bond acceptors (Lipinski definition) is 3. The zero-order valence-corrected chi connectivity index (χ0v) is 22.1. The Labute approximate surface area is 211 Å². The first-order chi connectivity index (χ1) is 16.0. The molecule has 3 nitrogen and oxygen atoms in total. The fourth-order valence-electron chi connectivity index (χ4n) is 7.09. The summed E-state index contributed by atoms with van der Waals surface area (Å²) in [7, 11) is 0. The second-order valence-corrected chi connectivity index (χ2v) is 11.9. The molecule has 5 heteroatoms. The van der Waals surface area contributed by atoms with Crippen LogP contribution in [-0.2, 0) is 13.2 Å². The summed E-state index contributed by atoms with van der Waals surface area (Å²) >= 11 is 10.0. The van der Waals surface area contributed by atoms with Crippen LogP contribution >= 0.6 is 27.5 Å². The van der Waals surface area contributed by atoms with E-state index in [1.165, 1.54) is 44.1 Å². The van der Waals surface area contributed by atoms with E-state index in [1.807, 2.05) is 31.2 Å². The quantitative estimate of drug-likeness (QED) is 0.358. The lowest BCUT2D eigenvalue weighted by molar-refractivity contribution is -0.0706. The van der Waals surface area contributed by atoms with Crippen molar-refractivity contribution in [2.75, 3.05) is 6.61 Å². The predicted octanol–water partition coefficient (Wildman–Crippen LogP) is 7.77. The molecule has 0 unspecified atom stereocenters. The summed E-state index contributed by atoms with van der Waals surface area (Å²) in [5, 5.41) is 4.62. The first-order valence-electron chi connectivity index (χ1n) is 12.5. The second-order valence-electron chi connectivity index (χ2n) is 10.6. The Hall–Kier alpha value is -1.23. The third kappa shape index (κ3) is 4.94. The minimum atomic E-state index is 0.402. The number of halogens is 2. The summed E-state index contributed by atoms with van der Waals surface area (Å²) < 4.78 is 13.0. The number of benzene rings is 2. The molecule has 1 atom stereocenters. The van der Waals surface area contributed by atoms with E-state index in [2.05, 4.69) is 40.3 Å². The Bertz CT molecular complexity index is 959. The largest absolute Gasteiger partial charge is 0.490 e. The van der Waals surface area contributed by atoms with Gasteiger partial charge in [-0.15, -0.1) is 0 Å². The van der Waals surface area contributed by atoms with Crippen molar-refractivity contribution in [2.24, 2.45) is 23.2 Å². The molecule has 0 aromatic heterocycles. The lowest BCUT2D eigenvalue weighted by Gasteiger charge is -2.59. The first kappa shape index (κ1) is 23.5. The van der Waals surface area contributed by atoms with Crippen LogP contribution in [-0.4, -0.2) is 12.6 Å². The number of nitrogens with one attached hydrogen (secondary N) is 1. The van der Waals surface area contributed by atoms with Crippen LogP contribution in [0.5, 0.6) is 11.5 Å². The molecular formula is C28H35BrClNO2. The molecule has 0 amide bonds. The highest BCUT2D eigenvalue weighted by Crippen LogP contribution is 2.61. The van der Waals surface area contributed by atoms with Gasteiger partial charge < -0.3 is 14.8 Å². The molecule has 4 saturated carbocycles. The standard InChI is InChI=1S/C28H35BrClNO2/c1-3-32-26-12-22(11-24(29)27(26)33-17-23-6-4-5-7-25(23)30)16-31-18(2)28-13-19-8-20(14-28)10-21(9-19)15-28/h4-7,11-12,18-21,31H,3,8-10,13-17H2,1-2H3/t18-,19?,20?,21?,28?/m1/s1. The van der Waals surface area contributed by atoms with Crippen LogP contribution in [0.25, 0.3) is 0 Å². The van der Waals surface area contributed by atoms with Crippen molar-refractivity contribution in [2.45, 2.75) is 71.6 Å². The summed E-state index contributed by atoms with van der Waals surface area (Å²) in [6.07, 6.45) is 8.76. The summed E-state index contributed by atoms with van der Waals surface area (Å²) in [6, 6.07) is 12.6. The van der Waals surface area contributed by atoms with Crippen molar-refractivity contribution in [1.82, 2.24) is 5.32 Å². The maximum atomic E-state index is 6.31. The minimum Gasteiger partial charge on any atom is -0.490 e. The molecule has 2 aromatic carbocycles. The van der Waals surface area contributed by atoms with Gasteiger partial charge in [0.05, 0.1) is 11.1 Å². The molecule has 178 valence electrons. The van der Waals surface area contributed by atoms with E-state index >= 15 is 0 Å². The summed E-state index contributed by atoms with van der Waals surface area (Å²) in [6.45, 7) is 6.26. The highest BCUT2D eigenvalue weighted by atomic mass is 79.9. The molecule has 1 N–H and O–H groups in total. The molecular weight excluding hydrogens is 498 g/mol. The van der Waals surface area contributed by atoms with Crippen molar-refractivity contribution in [3.63, 3.8) is 0 Å². The van der Waals surface area contributed by atoms with Crippen LogP contribution in [0.4, 0.5) is 0 Å². The van der Waals surface area contributed by atoms with E-state index in [4.69, 9.17) is 21.1 Å². The molecule has 33 heavy (non-hydrogen) atoms. The van der Waals surface area contributed by atoms with Gasteiger partial charge >= 0.3 is 0 Å².